The summed E-state index contributed by atoms with van der Waals surface area (Å²) in [6.07, 6.45) is 4.47. The van der Waals surface area contributed by atoms with Crippen LogP contribution in [-0.2, 0) is 22.7 Å². The van der Waals surface area contributed by atoms with Crippen molar-refractivity contribution >= 4 is 17.5 Å². The van der Waals surface area contributed by atoms with Crippen molar-refractivity contribution in [2.75, 3.05) is 37.7 Å². The van der Waals surface area contributed by atoms with E-state index in [9.17, 15) is 9.59 Å². The predicted molar refractivity (Wildman–Crippen MR) is 149 cm³/mol. The van der Waals surface area contributed by atoms with Gasteiger partial charge in [-0.2, -0.15) is 5.10 Å². The summed E-state index contributed by atoms with van der Waals surface area (Å²) in [5, 5.41) is 4.32. The number of carbonyl (C=O) groups is 2. The molecule has 0 aliphatic carbocycles. The van der Waals surface area contributed by atoms with Crippen LogP contribution in [0.5, 0.6) is 5.75 Å². The van der Waals surface area contributed by atoms with Gasteiger partial charge < -0.3 is 14.5 Å². The number of benzene rings is 2. The summed E-state index contributed by atoms with van der Waals surface area (Å²) in [7, 11) is 0. The number of amides is 2. The average Bonchev–Trinajstić information content (AvgIpc) is 3.29. The number of ether oxygens (including phenoxy) is 1. The minimum atomic E-state index is -0.0929. The zero-order valence-corrected chi connectivity index (χ0v) is 23.0. The molecule has 2 amide bonds. The number of aromatic nitrogens is 2. The number of fused-ring (bicyclic) bond motifs is 1. The van der Waals surface area contributed by atoms with E-state index in [-0.39, 0.29) is 25.0 Å². The van der Waals surface area contributed by atoms with Gasteiger partial charge in [-0.05, 0) is 62.9 Å². The van der Waals surface area contributed by atoms with Crippen LogP contribution in [0, 0.1) is 13.8 Å². The molecule has 2 aromatic carbocycles. The molecule has 0 N–H and O–H groups in total. The van der Waals surface area contributed by atoms with Gasteiger partial charge in [-0.25, -0.2) is 0 Å². The van der Waals surface area contributed by atoms with Crippen LogP contribution < -0.4 is 9.64 Å². The summed E-state index contributed by atoms with van der Waals surface area (Å²) < 4.78 is 7.53. The molecule has 202 valence electrons. The van der Waals surface area contributed by atoms with Crippen LogP contribution in [0.15, 0.2) is 60.9 Å². The first kappa shape index (κ1) is 27.4. The van der Waals surface area contributed by atoms with Gasteiger partial charge in [0.2, 0.25) is 5.91 Å². The Balaban J connectivity index is 1.64. The van der Waals surface area contributed by atoms with E-state index in [1.807, 2.05) is 78.4 Å². The molecule has 1 aliphatic heterocycles. The molecule has 0 saturated heterocycles. The van der Waals surface area contributed by atoms with Crippen molar-refractivity contribution < 1.29 is 14.3 Å². The predicted octanol–water partition coefficient (Wildman–Crippen LogP) is 4.05. The quantitative estimate of drug-likeness (QED) is 0.493. The third kappa shape index (κ3) is 7.01. The monoisotopic (exact) mass is 517 g/mol. The topological polar surface area (TPSA) is 70.9 Å². The van der Waals surface area contributed by atoms with Gasteiger partial charge in [0.25, 0.3) is 5.91 Å². The highest BCUT2D eigenvalue weighted by atomic mass is 16.5. The van der Waals surface area contributed by atoms with Crippen molar-refractivity contribution in [3.8, 4) is 5.75 Å². The van der Waals surface area contributed by atoms with Crippen molar-refractivity contribution in [1.82, 2.24) is 19.6 Å². The molecule has 0 spiro atoms. The molecule has 1 aliphatic rings. The van der Waals surface area contributed by atoms with Gasteiger partial charge in [0.1, 0.15) is 12.3 Å². The molecule has 38 heavy (non-hydrogen) atoms. The molecule has 2 heterocycles. The summed E-state index contributed by atoms with van der Waals surface area (Å²) >= 11 is 0. The molecule has 0 unspecified atom stereocenters. The average molecular weight is 518 g/mol. The van der Waals surface area contributed by atoms with E-state index in [0.717, 1.165) is 41.9 Å². The molecule has 0 bridgehead atoms. The Bertz CT molecular complexity index is 1220. The van der Waals surface area contributed by atoms with Crippen molar-refractivity contribution in [2.24, 2.45) is 0 Å². The Hall–Kier alpha value is -3.65. The molecule has 8 heteroatoms. The molecule has 0 saturated carbocycles. The lowest BCUT2D eigenvalue weighted by molar-refractivity contribution is -0.133. The van der Waals surface area contributed by atoms with Crippen LogP contribution in [0.4, 0.5) is 5.69 Å². The molecule has 8 nitrogen and oxygen atoms in total. The Morgan fingerprint density at radius 2 is 1.74 bits per heavy atom. The number of carbonyl (C=O) groups excluding carboxylic acids is 2. The van der Waals surface area contributed by atoms with Crippen LogP contribution in [0.3, 0.4) is 0 Å². The maximum Gasteiger partial charge on any atom is 0.264 e. The van der Waals surface area contributed by atoms with E-state index in [1.165, 1.54) is 0 Å². The zero-order chi connectivity index (χ0) is 27.1. The third-order valence-electron chi connectivity index (χ3n) is 6.99. The van der Waals surface area contributed by atoms with Gasteiger partial charge in [0.05, 0.1) is 11.9 Å². The largest absolute Gasteiger partial charge is 0.484 e. The Kier molecular flexibility index (Phi) is 9.18. The number of para-hydroxylation sites is 2. The second-order valence-corrected chi connectivity index (χ2v) is 10.2. The number of anilines is 1. The molecule has 0 atom stereocenters. The van der Waals surface area contributed by atoms with Crippen LogP contribution in [0.2, 0.25) is 0 Å². The van der Waals surface area contributed by atoms with Crippen LogP contribution in [0.25, 0.3) is 0 Å². The molecule has 1 aromatic heterocycles. The highest BCUT2D eigenvalue weighted by Crippen LogP contribution is 2.28. The van der Waals surface area contributed by atoms with E-state index in [1.54, 1.807) is 10.9 Å². The fourth-order valence-electron chi connectivity index (χ4n) is 4.93. The third-order valence-corrected chi connectivity index (χ3v) is 6.99. The van der Waals surface area contributed by atoms with E-state index in [2.05, 4.69) is 23.8 Å². The minimum Gasteiger partial charge on any atom is -0.484 e. The maximum absolute atomic E-state index is 13.6. The summed E-state index contributed by atoms with van der Waals surface area (Å²) in [6, 6.07) is 15.8. The number of hydrogen-bond acceptors (Lipinski definition) is 5. The van der Waals surface area contributed by atoms with Crippen LogP contribution >= 0.6 is 0 Å². The van der Waals surface area contributed by atoms with Crippen LogP contribution in [-0.4, -0.2) is 70.2 Å². The second kappa shape index (κ2) is 12.7. The first-order chi connectivity index (χ1) is 18.3. The minimum absolute atomic E-state index is 0.00815. The maximum atomic E-state index is 13.6. The molecule has 4 rings (SSSR count). The lowest BCUT2D eigenvalue weighted by atomic mass is 10.1. The highest BCUT2D eigenvalue weighted by Gasteiger charge is 2.26. The van der Waals surface area contributed by atoms with E-state index >= 15 is 0 Å². The molecule has 0 fully saturated rings. The van der Waals surface area contributed by atoms with Crippen molar-refractivity contribution in [1.29, 1.82) is 0 Å². The number of aryl methyl sites for hydroxylation is 2. The SMILES string of the molecule is Cc1cnn(CC(=O)N2CCN(C(C)C)CCCN(C(=O)COc3ccccc3)c3c(C)cccc3C2)c1. The first-order valence-corrected chi connectivity index (χ1v) is 13.4. The van der Waals surface area contributed by atoms with Gasteiger partial charge in [0, 0.05) is 45.0 Å². The molecule has 0 radical (unpaired) electrons. The van der Waals surface area contributed by atoms with Gasteiger partial charge in [-0.15, -0.1) is 0 Å². The second-order valence-electron chi connectivity index (χ2n) is 10.2. The van der Waals surface area contributed by atoms with Crippen molar-refractivity contribution in [3.05, 3.63) is 77.6 Å². The Morgan fingerprint density at radius 1 is 0.947 bits per heavy atom. The van der Waals surface area contributed by atoms with Gasteiger partial charge in [-0.3, -0.25) is 19.2 Å². The highest BCUT2D eigenvalue weighted by molar-refractivity contribution is 5.96. The standard InChI is InChI=1S/C30H39N5O3/c1-23(2)32-14-9-15-35(29(37)22-38-27-12-6-5-7-13-27)30-25(4)10-8-11-26(30)20-33(17-16-32)28(36)21-34-19-24(3)18-31-34/h5-8,10-13,18-19,23H,9,14-17,20-22H2,1-4H3. The number of rotatable bonds is 6. The fourth-order valence-corrected chi connectivity index (χ4v) is 4.93. The molecule has 3 aromatic rings. The molecular weight excluding hydrogens is 478 g/mol. The van der Waals surface area contributed by atoms with Gasteiger partial charge >= 0.3 is 0 Å². The summed E-state index contributed by atoms with van der Waals surface area (Å²) in [5.41, 5.74) is 3.86. The zero-order valence-electron chi connectivity index (χ0n) is 23.0. The lowest BCUT2D eigenvalue weighted by Gasteiger charge is -2.30. The summed E-state index contributed by atoms with van der Waals surface area (Å²) in [4.78, 5) is 33.3. The van der Waals surface area contributed by atoms with E-state index in [4.69, 9.17) is 4.74 Å². The fraction of sp³-hybridized carbons (Fsp3) is 0.433. The first-order valence-electron chi connectivity index (χ1n) is 13.4. The Morgan fingerprint density at radius 3 is 2.45 bits per heavy atom. The van der Waals surface area contributed by atoms with E-state index in [0.29, 0.717) is 31.4 Å². The van der Waals surface area contributed by atoms with Crippen LogP contribution in [0.1, 0.15) is 37.0 Å². The smallest absolute Gasteiger partial charge is 0.264 e. The van der Waals surface area contributed by atoms with Gasteiger partial charge in [0.15, 0.2) is 6.61 Å². The summed E-state index contributed by atoms with van der Waals surface area (Å²) in [5.74, 6) is 0.582. The van der Waals surface area contributed by atoms with Crippen molar-refractivity contribution in [3.63, 3.8) is 0 Å². The lowest BCUT2D eigenvalue weighted by Crippen LogP contribution is -2.42. The number of nitrogens with zero attached hydrogens (tertiary/aromatic N) is 5. The molecular formula is C30H39N5O3. The van der Waals surface area contributed by atoms with Crippen molar-refractivity contribution in [2.45, 2.75) is 53.2 Å². The number of hydrogen-bond donors (Lipinski definition) is 0. The normalized spacial score (nSPS) is 15.2. The van der Waals surface area contributed by atoms with Gasteiger partial charge in [-0.1, -0.05) is 36.4 Å². The van der Waals surface area contributed by atoms with E-state index < -0.39 is 0 Å². The Labute approximate surface area is 225 Å². The summed E-state index contributed by atoms with van der Waals surface area (Å²) in [6.45, 7) is 11.7.